The Kier molecular flexibility index (Phi) is 5.33. The molecule has 1 saturated heterocycles. The third-order valence-electron chi connectivity index (χ3n) is 5.22. The first-order valence-corrected chi connectivity index (χ1v) is 8.79. The molecule has 3 atom stereocenters. The Morgan fingerprint density at radius 3 is 2.96 bits per heavy atom. The number of allylic oxidation sites excluding steroid dienone is 2. The molecule has 0 N–H and O–H groups in total. The van der Waals surface area contributed by atoms with Crippen molar-refractivity contribution in [2.45, 2.75) is 44.4 Å². The van der Waals surface area contributed by atoms with Crippen molar-refractivity contribution in [2.24, 2.45) is 13.0 Å². The lowest BCUT2D eigenvalue weighted by Gasteiger charge is -2.30. The van der Waals surface area contributed by atoms with Gasteiger partial charge >= 0.3 is 0 Å². The topological polar surface area (TPSA) is 41.4 Å². The van der Waals surface area contributed by atoms with Crippen LogP contribution in [-0.2, 0) is 18.4 Å². The van der Waals surface area contributed by atoms with Crippen molar-refractivity contribution in [1.82, 2.24) is 19.4 Å². The van der Waals surface area contributed by atoms with Crippen molar-refractivity contribution >= 4 is 5.91 Å². The molecule has 0 unspecified atom stereocenters. The summed E-state index contributed by atoms with van der Waals surface area (Å²) in [5.74, 6) is 1.21. The zero-order valence-corrected chi connectivity index (χ0v) is 14.6. The summed E-state index contributed by atoms with van der Waals surface area (Å²) in [5.41, 5.74) is 0. The van der Waals surface area contributed by atoms with Gasteiger partial charge in [-0.05, 0) is 25.7 Å². The largest absolute Gasteiger partial charge is 0.344 e. The third-order valence-corrected chi connectivity index (χ3v) is 5.22. The molecule has 24 heavy (non-hydrogen) atoms. The number of hydrogen-bond acceptors (Lipinski definition) is 3. The summed E-state index contributed by atoms with van der Waals surface area (Å²) in [6.07, 6.45) is 10.3. The molecule has 1 amide bonds. The Morgan fingerprint density at radius 1 is 1.46 bits per heavy atom. The summed E-state index contributed by atoms with van der Waals surface area (Å²) in [5, 5.41) is 0. The predicted molar refractivity (Wildman–Crippen MR) is 91.0 cm³/mol. The van der Waals surface area contributed by atoms with E-state index in [2.05, 4.69) is 22.0 Å². The Hall–Kier alpha value is -1.69. The van der Waals surface area contributed by atoms with Gasteiger partial charge in [-0.2, -0.15) is 0 Å². The number of amides is 1. The van der Waals surface area contributed by atoms with Gasteiger partial charge < -0.3 is 9.47 Å². The summed E-state index contributed by atoms with van der Waals surface area (Å²) < 4.78 is 15.9. The average molecular weight is 334 g/mol. The fourth-order valence-corrected chi connectivity index (χ4v) is 3.77. The van der Waals surface area contributed by atoms with Crippen LogP contribution in [0.3, 0.4) is 0 Å². The van der Waals surface area contributed by atoms with Crippen molar-refractivity contribution in [3.05, 3.63) is 30.4 Å². The summed E-state index contributed by atoms with van der Waals surface area (Å²) in [6, 6.07) is 0.0600. The van der Waals surface area contributed by atoms with Crippen molar-refractivity contribution in [3.8, 4) is 0 Å². The Morgan fingerprint density at radius 2 is 2.29 bits per heavy atom. The number of carbonyl (C=O) groups excluding carboxylic acids is 1. The van der Waals surface area contributed by atoms with Crippen LogP contribution in [0.4, 0.5) is 4.39 Å². The predicted octanol–water partition coefficient (Wildman–Crippen LogP) is 2.15. The lowest BCUT2D eigenvalue weighted by atomic mass is 9.93. The fourth-order valence-electron chi connectivity index (χ4n) is 3.77. The number of nitrogens with zero attached hydrogens (tertiary/aromatic N) is 4. The molecule has 1 aromatic rings. The molecule has 3 rings (SSSR count). The van der Waals surface area contributed by atoms with Gasteiger partial charge in [-0.1, -0.05) is 12.2 Å². The van der Waals surface area contributed by atoms with E-state index in [-0.39, 0.29) is 17.9 Å². The van der Waals surface area contributed by atoms with Crippen LogP contribution in [0.1, 0.15) is 31.5 Å². The molecular weight excluding hydrogens is 307 g/mol. The minimum absolute atomic E-state index is 0.0600. The molecule has 1 aromatic heterocycles. The van der Waals surface area contributed by atoms with E-state index in [1.807, 2.05) is 24.9 Å². The van der Waals surface area contributed by atoms with E-state index in [0.29, 0.717) is 26.1 Å². The summed E-state index contributed by atoms with van der Waals surface area (Å²) in [6.45, 7) is 1.64. The number of hydrogen-bond donors (Lipinski definition) is 0. The molecule has 0 saturated carbocycles. The first-order chi connectivity index (χ1) is 11.5. The fraction of sp³-hybridized carbons (Fsp3) is 0.667. The third kappa shape index (κ3) is 3.86. The number of aryl methyl sites for hydroxylation is 1. The number of alkyl halides is 1. The zero-order chi connectivity index (χ0) is 17.1. The van der Waals surface area contributed by atoms with E-state index in [1.54, 1.807) is 11.1 Å². The lowest BCUT2D eigenvalue weighted by Crippen LogP contribution is -2.43. The van der Waals surface area contributed by atoms with Crippen LogP contribution in [0.15, 0.2) is 24.5 Å². The lowest BCUT2D eigenvalue weighted by molar-refractivity contribution is -0.135. The summed E-state index contributed by atoms with van der Waals surface area (Å²) >= 11 is 0. The van der Waals surface area contributed by atoms with Gasteiger partial charge in [-0.3, -0.25) is 9.69 Å². The molecule has 132 valence electrons. The second-order valence-corrected chi connectivity index (χ2v) is 7.07. The molecule has 1 aliphatic heterocycles. The van der Waals surface area contributed by atoms with Gasteiger partial charge in [0, 0.05) is 51.5 Å². The van der Waals surface area contributed by atoms with E-state index in [4.69, 9.17) is 0 Å². The van der Waals surface area contributed by atoms with Crippen LogP contribution in [-0.4, -0.2) is 57.6 Å². The second kappa shape index (κ2) is 7.47. The highest BCUT2D eigenvalue weighted by Gasteiger charge is 2.35. The van der Waals surface area contributed by atoms with Gasteiger partial charge in [0.05, 0.1) is 6.54 Å². The van der Waals surface area contributed by atoms with Crippen LogP contribution in [0.2, 0.25) is 0 Å². The normalized spacial score (nSPS) is 27.5. The monoisotopic (exact) mass is 334 g/mol. The molecule has 2 aliphatic rings. The first-order valence-electron chi connectivity index (χ1n) is 8.79. The highest BCUT2D eigenvalue weighted by Crippen LogP contribution is 2.25. The molecule has 1 fully saturated rings. The Bertz CT molecular complexity index is 600. The van der Waals surface area contributed by atoms with Gasteiger partial charge in [0.15, 0.2) is 0 Å². The van der Waals surface area contributed by atoms with Crippen LogP contribution >= 0.6 is 0 Å². The quantitative estimate of drug-likeness (QED) is 0.775. The molecule has 0 spiro atoms. The summed E-state index contributed by atoms with van der Waals surface area (Å²) in [7, 11) is 3.80. The number of likely N-dealkylation sites (tertiary alicyclic amines) is 1. The van der Waals surface area contributed by atoms with Crippen LogP contribution < -0.4 is 0 Å². The number of aromatic nitrogens is 2. The maximum Gasteiger partial charge on any atom is 0.225 e. The average Bonchev–Trinajstić information content (AvgIpc) is 3.13. The van der Waals surface area contributed by atoms with Gasteiger partial charge in [-0.25, -0.2) is 9.37 Å². The number of imidazole rings is 1. The molecule has 0 bridgehead atoms. The highest BCUT2D eigenvalue weighted by molar-refractivity contribution is 5.79. The number of likely N-dealkylation sites (N-methyl/N-ethyl adjacent to an activating group) is 1. The Labute approximate surface area is 143 Å². The van der Waals surface area contributed by atoms with Crippen LogP contribution in [0.25, 0.3) is 0 Å². The minimum Gasteiger partial charge on any atom is -0.344 e. The van der Waals surface area contributed by atoms with Crippen molar-refractivity contribution in [1.29, 1.82) is 0 Å². The molecule has 0 aromatic carbocycles. The molecule has 2 heterocycles. The van der Waals surface area contributed by atoms with Crippen molar-refractivity contribution < 1.29 is 9.18 Å². The van der Waals surface area contributed by atoms with Gasteiger partial charge in [0.2, 0.25) is 5.91 Å². The van der Waals surface area contributed by atoms with Crippen LogP contribution in [0, 0.1) is 5.92 Å². The van der Waals surface area contributed by atoms with Gasteiger partial charge in [0.1, 0.15) is 12.0 Å². The van der Waals surface area contributed by atoms with E-state index < -0.39 is 6.17 Å². The van der Waals surface area contributed by atoms with Gasteiger partial charge in [-0.15, -0.1) is 0 Å². The molecule has 6 heteroatoms. The van der Waals surface area contributed by atoms with Crippen molar-refractivity contribution in [2.75, 3.05) is 20.1 Å². The maximum absolute atomic E-state index is 14.0. The minimum atomic E-state index is -0.823. The van der Waals surface area contributed by atoms with E-state index in [1.165, 1.54) is 0 Å². The number of halogens is 1. The maximum atomic E-state index is 14.0. The molecule has 1 aliphatic carbocycles. The first kappa shape index (κ1) is 17.1. The Balaban J connectivity index is 1.60. The molecule has 5 nitrogen and oxygen atoms in total. The van der Waals surface area contributed by atoms with Crippen LogP contribution in [0.5, 0.6) is 0 Å². The number of rotatable bonds is 5. The van der Waals surface area contributed by atoms with Crippen molar-refractivity contribution in [3.63, 3.8) is 0 Å². The highest BCUT2D eigenvalue weighted by atomic mass is 19.1. The molecule has 0 radical (unpaired) electrons. The summed E-state index contributed by atoms with van der Waals surface area (Å²) in [4.78, 5) is 20.9. The second-order valence-electron chi connectivity index (χ2n) is 7.07. The number of carbonyl (C=O) groups is 1. The van der Waals surface area contributed by atoms with E-state index in [9.17, 15) is 9.18 Å². The van der Waals surface area contributed by atoms with Gasteiger partial charge in [0.25, 0.3) is 0 Å². The smallest absolute Gasteiger partial charge is 0.225 e. The molecular formula is C18H27FN4O. The zero-order valence-electron chi connectivity index (χ0n) is 14.6. The van der Waals surface area contributed by atoms with E-state index >= 15 is 0 Å². The standard InChI is InChI=1S/C18H27FN4O/c1-21-9-8-20-17(21)13-23-11-15(19)10-16(23)12-22(2)18(24)14-6-4-3-5-7-14/h3-4,8-9,14-16H,5-7,10-13H2,1-2H3/t14-,15+,16+/m1/s1. The SMILES string of the molecule is CN(C[C@@H]1C[C@H](F)CN1Cc1nccn1C)C(=O)[C@@H]1CC=CCC1. The van der Waals surface area contributed by atoms with E-state index in [0.717, 1.165) is 25.1 Å².